The molecular formula is C38H57NO2Si. The first-order chi connectivity index (χ1) is 19.5. The fourth-order valence-corrected chi connectivity index (χ4v) is 8.34. The molecule has 3 nitrogen and oxygen atoms in total. The van der Waals surface area contributed by atoms with E-state index in [-0.39, 0.29) is 21.8 Å². The average molecular weight is 588 g/mol. The first-order valence-corrected chi connectivity index (χ1v) is 19.6. The van der Waals surface area contributed by atoms with Crippen LogP contribution in [0.25, 0.3) is 0 Å². The molecule has 1 heterocycles. The minimum atomic E-state index is -2.03. The first kappa shape index (κ1) is 31.5. The second-order valence-electron chi connectivity index (χ2n) is 16.9. The van der Waals surface area contributed by atoms with E-state index in [0.29, 0.717) is 5.92 Å². The molecule has 2 atom stereocenters. The molecule has 3 aliphatic carbocycles. The van der Waals surface area contributed by atoms with Crippen LogP contribution in [0.5, 0.6) is 0 Å². The van der Waals surface area contributed by atoms with E-state index in [9.17, 15) is 5.11 Å². The summed E-state index contributed by atoms with van der Waals surface area (Å²) in [4.78, 5) is 5.57. The summed E-state index contributed by atoms with van der Waals surface area (Å²) in [5, 5.41) is 12.7. The Morgan fingerprint density at radius 1 is 1.02 bits per heavy atom. The number of aliphatic hydroxyl groups is 1. The lowest BCUT2D eigenvalue weighted by Gasteiger charge is -2.40. The molecule has 1 aromatic carbocycles. The lowest BCUT2D eigenvalue weighted by Crippen LogP contribution is -2.41. The van der Waals surface area contributed by atoms with Gasteiger partial charge in [-0.3, -0.25) is 4.98 Å². The van der Waals surface area contributed by atoms with Crippen LogP contribution < -0.4 is 0 Å². The summed E-state index contributed by atoms with van der Waals surface area (Å²) in [6.45, 7) is 23.3. The van der Waals surface area contributed by atoms with E-state index >= 15 is 0 Å². The largest absolute Gasteiger partial charge is 0.546 e. The number of nitrogens with zero attached hydrogens (tertiary/aromatic N) is 1. The fourth-order valence-electron chi connectivity index (χ4n) is 7.22. The van der Waals surface area contributed by atoms with Gasteiger partial charge in [0.15, 0.2) is 0 Å². The Hall–Kier alpha value is -1.91. The third-order valence-electron chi connectivity index (χ3n) is 10.9. The standard InChI is InChI=1S/C38H57NO2Si/c1-36(2,3)27-18-13-17-26(23-27)35(40)33-32(29-19-14-20-31(29)41-42(9,10)37(4,5)6)28-21-22-38(7,8)24-30(28)39-34(33)25-15-11-12-16-25/h13,17-18,20,23,25,29,35,40H,11-12,14-16,19,21-22,24H2,1-10H3/t29-,35+/m1/s1. The zero-order chi connectivity index (χ0) is 30.7. The van der Waals surface area contributed by atoms with Crippen LogP contribution in [0.15, 0.2) is 36.1 Å². The summed E-state index contributed by atoms with van der Waals surface area (Å²) >= 11 is 0. The van der Waals surface area contributed by atoms with Crippen molar-refractivity contribution in [1.82, 2.24) is 4.98 Å². The Morgan fingerprint density at radius 3 is 2.36 bits per heavy atom. The molecule has 3 aliphatic rings. The number of aromatic nitrogens is 1. The van der Waals surface area contributed by atoms with Gasteiger partial charge < -0.3 is 9.53 Å². The average Bonchev–Trinajstić information content (AvgIpc) is 3.58. The van der Waals surface area contributed by atoms with E-state index in [1.807, 2.05) is 0 Å². The van der Waals surface area contributed by atoms with Crippen molar-refractivity contribution in [3.63, 3.8) is 0 Å². The van der Waals surface area contributed by atoms with Crippen molar-refractivity contribution in [3.05, 3.63) is 75.3 Å². The van der Waals surface area contributed by atoms with Crippen molar-refractivity contribution in [1.29, 1.82) is 0 Å². The van der Waals surface area contributed by atoms with E-state index in [4.69, 9.17) is 9.41 Å². The smallest absolute Gasteiger partial charge is 0.250 e. The summed E-state index contributed by atoms with van der Waals surface area (Å²) in [5.41, 5.74) is 8.90. The van der Waals surface area contributed by atoms with Gasteiger partial charge in [-0.1, -0.05) is 92.5 Å². The van der Waals surface area contributed by atoms with Crippen molar-refractivity contribution in [2.45, 2.75) is 155 Å². The summed E-state index contributed by atoms with van der Waals surface area (Å²) < 4.78 is 7.13. The Bertz CT molecular complexity index is 1330. The van der Waals surface area contributed by atoms with Crippen LogP contribution in [0.1, 0.15) is 157 Å². The molecular weight excluding hydrogens is 531 g/mol. The predicted molar refractivity (Wildman–Crippen MR) is 179 cm³/mol. The number of allylic oxidation sites excluding steroid dienone is 2. The normalized spacial score (nSPS) is 22.2. The van der Waals surface area contributed by atoms with Crippen LogP contribution in [0.4, 0.5) is 0 Å². The molecule has 4 heteroatoms. The molecule has 0 radical (unpaired) electrons. The second-order valence-corrected chi connectivity index (χ2v) is 21.7. The maximum absolute atomic E-state index is 12.5. The second kappa shape index (κ2) is 11.2. The van der Waals surface area contributed by atoms with Crippen molar-refractivity contribution in [3.8, 4) is 0 Å². The highest BCUT2D eigenvalue weighted by Gasteiger charge is 2.43. The SMILES string of the molecule is CC1(C)CCc2c(nc(C3CCCC3)c([C@@H](O)c3cccc(C(C)(C)C)c3)c2[C@@H]2CCC=C2O[Si](C)(C)C(C)(C)C)C1. The molecule has 1 saturated carbocycles. The molecule has 230 valence electrons. The van der Waals surface area contributed by atoms with Crippen LogP contribution in [0, 0.1) is 5.41 Å². The van der Waals surface area contributed by atoms with Crippen LogP contribution >= 0.6 is 0 Å². The molecule has 0 aliphatic heterocycles. The van der Waals surface area contributed by atoms with Crippen molar-refractivity contribution < 1.29 is 9.53 Å². The Balaban J connectivity index is 1.73. The number of fused-ring (bicyclic) bond motifs is 1. The number of aliphatic hydroxyl groups excluding tert-OH is 1. The number of pyridine rings is 1. The monoisotopic (exact) mass is 587 g/mol. The van der Waals surface area contributed by atoms with E-state index in [1.165, 1.54) is 53.8 Å². The first-order valence-electron chi connectivity index (χ1n) is 16.7. The molecule has 1 aromatic heterocycles. The van der Waals surface area contributed by atoms with Gasteiger partial charge in [0, 0.05) is 23.1 Å². The molecule has 0 amide bonds. The van der Waals surface area contributed by atoms with Crippen molar-refractivity contribution >= 4 is 8.32 Å². The van der Waals surface area contributed by atoms with Gasteiger partial charge in [-0.25, -0.2) is 0 Å². The fraction of sp³-hybridized carbons (Fsp3) is 0.658. The van der Waals surface area contributed by atoms with Crippen LogP contribution in [-0.2, 0) is 22.7 Å². The quantitative estimate of drug-likeness (QED) is 0.342. The van der Waals surface area contributed by atoms with Gasteiger partial charge in [0.2, 0.25) is 8.32 Å². The minimum Gasteiger partial charge on any atom is -0.546 e. The van der Waals surface area contributed by atoms with E-state index in [0.717, 1.165) is 49.0 Å². The van der Waals surface area contributed by atoms with Gasteiger partial charge >= 0.3 is 0 Å². The van der Waals surface area contributed by atoms with Gasteiger partial charge in [-0.2, -0.15) is 0 Å². The van der Waals surface area contributed by atoms with Gasteiger partial charge in [0.1, 0.15) is 6.10 Å². The van der Waals surface area contributed by atoms with Crippen molar-refractivity contribution in [2.75, 3.05) is 0 Å². The Labute approximate surface area is 257 Å². The molecule has 1 fully saturated rings. The van der Waals surface area contributed by atoms with E-state index in [1.54, 1.807) is 0 Å². The molecule has 0 saturated heterocycles. The highest BCUT2D eigenvalue weighted by atomic mass is 28.4. The lowest BCUT2D eigenvalue weighted by molar-refractivity contribution is 0.214. The van der Waals surface area contributed by atoms with E-state index in [2.05, 4.69) is 98.8 Å². The van der Waals surface area contributed by atoms with Crippen molar-refractivity contribution in [2.24, 2.45) is 5.41 Å². The summed E-state index contributed by atoms with van der Waals surface area (Å²) in [6, 6.07) is 8.70. The van der Waals surface area contributed by atoms with Gasteiger partial charge in [-0.15, -0.1) is 0 Å². The lowest BCUT2D eigenvalue weighted by atomic mass is 9.71. The highest BCUT2D eigenvalue weighted by molar-refractivity contribution is 6.74. The molecule has 2 aromatic rings. The number of rotatable bonds is 6. The third-order valence-corrected chi connectivity index (χ3v) is 15.3. The molecule has 42 heavy (non-hydrogen) atoms. The topological polar surface area (TPSA) is 42.4 Å². The van der Waals surface area contributed by atoms with Gasteiger partial charge in [0.05, 0.1) is 11.5 Å². The minimum absolute atomic E-state index is 0.0187. The van der Waals surface area contributed by atoms with Crippen LogP contribution in [-0.4, -0.2) is 18.4 Å². The maximum atomic E-state index is 12.5. The molecule has 5 rings (SSSR count). The summed E-state index contributed by atoms with van der Waals surface area (Å²) in [6.07, 6.45) is 11.8. The Morgan fingerprint density at radius 2 is 1.71 bits per heavy atom. The predicted octanol–water partition coefficient (Wildman–Crippen LogP) is 10.4. The van der Waals surface area contributed by atoms with E-state index < -0.39 is 14.4 Å². The molecule has 0 spiro atoms. The molecule has 1 N–H and O–H groups in total. The van der Waals surface area contributed by atoms with Gasteiger partial charge in [-0.05, 0) is 102 Å². The molecule has 0 bridgehead atoms. The highest BCUT2D eigenvalue weighted by Crippen LogP contribution is 2.51. The Kier molecular flexibility index (Phi) is 8.42. The van der Waals surface area contributed by atoms with Gasteiger partial charge in [0.25, 0.3) is 0 Å². The number of hydrogen-bond donors (Lipinski definition) is 1. The summed E-state index contributed by atoms with van der Waals surface area (Å²) in [7, 11) is -2.03. The number of hydrogen-bond acceptors (Lipinski definition) is 3. The summed E-state index contributed by atoms with van der Waals surface area (Å²) in [5.74, 6) is 1.77. The van der Waals surface area contributed by atoms with Crippen LogP contribution in [0.2, 0.25) is 18.1 Å². The zero-order valence-electron chi connectivity index (χ0n) is 28.3. The third kappa shape index (κ3) is 6.18. The maximum Gasteiger partial charge on any atom is 0.250 e. The molecule has 0 unspecified atom stereocenters. The van der Waals surface area contributed by atoms with Crippen LogP contribution in [0.3, 0.4) is 0 Å². The zero-order valence-corrected chi connectivity index (χ0v) is 29.3. The number of benzene rings is 1.